The van der Waals surface area contributed by atoms with E-state index in [0.717, 1.165) is 42.7 Å². The molecule has 0 aliphatic carbocycles. The van der Waals surface area contributed by atoms with Crippen LogP contribution in [0.4, 0.5) is 9.18 Å². The van der Waals surface area contributed by atoms with Gasteiger partial charge in [-0.05, 0) is 44.2 Å². The first-order valence-electron chi connectivity index (χ1n) is 11.0. The van der Waals surface area contributed by atoms with Crippen LogP contribution in [0.5, 0.6) is 0 Å². The van der Waals surface area contributed by atoms with Crippen LogP contribution in [0.1, 0.15) is 32.1 Å². The van der Waals surface area contributed by atoms with Crippen molar-refractivity contribution >= 4 is 22.0 Å². The van der Waals surface area contributed by atoms with Gasteiger partial charge in [0.15, 0.2) is 0 Å². The summed E-state index contributed by atoms with van der Waals surface area (Å²) in [6, 6.07) is 4.45. The SMILES string of the molecule is O=C(C1CCCN1S(=O)(=O)c1ccccc1F)N1CCN(C(=O)N2CCCCC2)CC1. The lowest BCUT2D eigenvalue weighted by molar-refractivity contribution is -0.136. The lowest BCUT2D eigenvalue weighted by atomic mass is 10.1. The summed E-state index contributed by atoms with van der Waals surface area (Å²) in [6.07, 6.45) is 4.17. The average molecular weight is 453 g/mol. The average Bonchev–Trinajstić information content (AvgIpc) is 3.30. The Hall–Kier alpha value is -2.20. The van der Waals surface area contributed by atoms with Gasteiger partial charge in [0.05, 0.1) is 0 Å². The smallest absolute Gasteiger partial charge is 0.320 e. The number of hydrogen-bond donors (Lipinski definition) is 0. The lowest BCUT2D eigenvalue weighted by Gasteiger charge is -2.39. The maximum absolute atomic E-state index is 14.2. The van der Waals surface area contributed by atoms with Crippen LogP contribution in [0.15, 0.2) is 29.2 Å². The van der Waals surface area contributed by atoms with Crippen LogP contribution in [0.25, 0.3) is 0 Å². The van der Waals surface area contributed by atoms with Gasteiger partial charge in [-0.2, -0.15) is 4.31 Å². The summed E-state index contributed by atoms with van der Waals surface area (Å²) in [5, 5.41) is 0. The van der Waals surface area contributed by atoms with Crippen molar-refractivity contribution in [3.63, 3.8) is 0 Å². The van der Waals surface area contributed by atoms with E-state index < -0.39 is 26.8 Å². The Bertz CT molecular complexity index is 927. The van der Waals surface area contributed by atoms with Crippen molar-refractivity contribution in [3.8, 4) is 0 Å². The predicted octanol–water partition coefficient (Wildman–Crippen LogP) is 1.73. The van der Waals surface area contributed by atoms with Gasteiger partial charge < -0.3 is 14.7 Å². The van der Waals surface area contributed by atoms with Gasteiger partial charge in [0, 0.05) is 45.8 Å². The second-order valence-corrected chi connectivity index (χ2v) is 10.2. The van der Waals surface area contributed by atoms with Gasteiger partial charge >= 0.3 is 6.03 Å². The number of halogens is 1. The molecule has 3 heterocycles. The summed E-state index contributed by atoms with van der Waals surface area (Å²) in [5.74, 6) is -1.08. The maximum atomic E-state index is 14.2. The molecule has 3 aliphatic heterocycles. The Balaban J connectivity index is 1.40. The molecule has 1 aromatic carbocycles. The third kappa shape index (κ3) is 4.41. The van der Waals surface area contributed by atoms with Crippen LogP contribution in [0.2, 0.25) is 0 Å². The summed E-state index contributed by atoms with van der Waals surface area (Å²) in [5.41, 5.74) is 0. The lowest BCUT2D eigenvalue weighted by Crippen LogP contribution is -2.57. The molecule has 3 saturated heterocycles. The number of carbonyl (C=O) groups is 2. The zero-order chi connectivity index (χ0) is 22.0. The van der Waals surface area contributed by atoms with Gasteiger partial charge in [0.2, 0.25) is 15.9 Å². The van der Waals surface area contributed by atoms with Crippen LogP contribution in [0, 0.1) is 5.82 Å². The number of piperidine rings is 1. The van der Waals surface area contributed by atoms with Crippen molar-refractivity contribution < 1.29 is 22.4 Å². The van der Waals surface area contributed by atoms with E-state index in [2.05, 4.69) is 0 Å². The van der Waals surface area contributed by atoms with Crippen LogP contribution < -0.4 is 0 Å². The molecule has 31 heavy (non-hydrogen) atoms. The second-order valence-electron chi connectivity index (χ2n) is 8.35. The Morgan fingerprint density at radius 3 is 2.10 bits per heavy atom. The number of nitrogens with zero attached hydrogens (tertiary/aromatic N) is 4. The highest BCUT2D eigenvalue weighted by molar-refractivity contribution is 7.89. The summed E-state index contributed by atoms with van der Waals surface area (Å²) >= 11 is 0. The first-order valence-corrected chi connectivity index (χ1v) is 12.4. The quantitative estimate of drug-likeness (QED) is 0.700. The monoisotopic (exact) mass is 452 g/mol. The normalized spacial score (nSPS) is 23.3. The molecule has 3 aliphatic rings. The Morgan fingerprint density at radius 1 is 0.806 bits per heavy atom. The minimum absolute atomic E-state index is 0.0245. The van der Waals surface area contributed by atoms with Gasteiger partial charge in [-0.25, -0.2) is 17.6 Å². The van der Waals surface area contributed by atoms with E-state index >= 15 is 0 Å². The molecule has 0 N–H and O–H groups in total. The predicted molar refractivity (Wildman–Crippen MR) is 112 cm³/mol. The number of carbonyl (C=O) groups excluding carboxylic acids is 2. The Labute approximate surface area is 182 Å². The standard InChI is InChI=1S/C21H29FN4O4S/c22-17-7-2-3-9-19(17)31(29,30)26-12-6-8-18(26)20(27)23-13-15-25(16-14-23)21(28)24-10-4-1-5-11-24/h2-3,7,9,18H,1,4-6,8,10-16H2. The third-order valence-electron chi connectivity index (χ3n) is 6.40. The second kappa shape index (κ2) is 9.12. The van der Waals surface area contributed by atoms with Crippen LogP contribution in [-0.4, -0.2) is 91.2 Å². The van der Waals surface area contributed by atoms with E-state index in [1.165, 1.54) is 18.2 Å². The van der Waals surface area contributed by atoms with Crippen molar-refractivity contribution in [1.82, 2.24) is 19.0 Å². The molecule has 1 atom stereocenters. The number of amides is 3. The molecule has 170 valence electrons. The van der Waals surface area contributed by atoms with Crippen molar-refractivity contribution in [1.29, 1.82) is 0 Å². The molecule has 10 heteroatoms. The van der Waals surface area contributed by atoms with Crippen LogP contribution in [0.3, 0.4) is 0 Å². The number of hydrogen-bond acceptors (Lipinski definition) is 4. The van der Waals surface area contributed by atoms with Gasteiger partial charge in [0.25, 0.3) is 0 Å². The number of rotatable bonds is 3. The van der Waals surface area contributed by atoms with E-state index in [0.29, 0.717) is 39.0 Å². The molecule has 0 aromatic heterocycles. The van der Waals surface area contributed by atoms with Crippen molar-refractivity contribution in [2.45, 2.75) is 43.0 Å². The zero-order valence-electron chi connectivity index (χ0n) is 17.6. The van der Waals surface area contributed by atoms with Gasteiger partial charge in [-0.1, -0.05) is 12.1 Å². The molecular formula is C21H29FN4O4S. The van der Waals surface area contributed by atoms with Gasteiger partial charge in [-0.15, -0.1) is 0 Å². The minimum atomic E-state index is -4.10. The topological polar surface area (TPSA) is 81.2 Å². The van der Waals surface area contributed by atoms with Crippen LogP contribution in [-0.2, 0) is 14.8 Å². The van der Waals surface area contributed by atoms with E-state index in [-0.39, 0.29) is 18.5 Å². The Morgan fingerprint density at radius 2 is 1.42 bits per heavy atom. The molecule has 0 spiro atoms. The van der Waals surface area contributed by atoms with Crippen LogP contribution >= 0.6 is 0 Å². The number of piperazine rings is 1. The van der Waals surface area contributed by atoms with Crippen molar-refractivity contribution in [2.24, 2.45) is 0 Å². The van der Waals surface area contributed by atoms with Crippen molar-refractivity contribution in [3.05, 3.63) is 30.1 Å². The van der Waals surface area contributed by atoms with Gasteiger partial charge in [0.1, 0.15) is 16.8 Å². The van der Waals surface area contributed by atoms with E-state index in [1.807, 2.05) is 4.90 Å². The maximum Gasteiger partial charge on any atom is 0.320 e. The molecule has 3 amide bonds. The molecule has 0 radical (unpaired) electrons. The van der Waals surface area contributed by atoms with E-state index in [4.69, 9.17) is 0 Å². The number of benzene rings is 1. The number of sulfonamides is 1. The molecule has 4 rings (SSSR count). The highest BCUT2D eigenvalue weighted by atomic mass is 32.2. The number of likely N-dealkylation sites (tertiary alicyclic amines) is 1. The first kappa shape index (κ1) is 22.0. The summed E-state index contributed by atoms with van der Waals surface area (Å²) in [6.45, 7) is 3.39. The minimum Gasteiger partial charge on any atom is -0.338 e. The molecule has 0 saturated carbocycles. The molecular weight excluding hydrogens is 423 g/mol. The fraction of sp³-hybridized carbons (Fsp3) is 0.619. The van der Waals surface area contributed by atoms with E-state index in [9.17, 15) is 22.4 Å². The fourth-order valence-corrected chi connectivity index (χ4v) is 6.39. The highest BCUT2D eigenvalue weighted by Crippen LogP contribution is 2.29. The number of urea groups is 1. The largest absolute Gasteiger partial charge is 0.338 e. The zero-order valence-corrected chi connectivity index (χ0v) is 18.4. The Kier molecular flexibility index (Phi) is 6.47. The summed E-state index contributed by atoms with van der Waals surface area (Å²) in [4.78, 5) is 30.7. The first-order chi connectivity index (χ1) is 14.9. The van der Waals surface area contributed by atoms with Crippen molar-refractivity contribution in [2.75, 3.05) is 45.8 Å². The molecule has 1 aromatic rings. The summed E-state index contributed by atoms with van der Waals surface area (Å²) in [7, 11) is -4.10. The highest BCUT2D eigenvalue weighted by Gasteiger charge is 2.42. The molecule has 3 fully saturated rings. The van der Waals surface area contributed by atoms with E-state index in [1.54, 1.807) is 9.80 Å². The third-order valence-corrected chi connectivity index (χ3v) is 8.34. The molecule has 8 nitrogen and oxygen atoms in total. The summed E-state index contributed by atoms with van der Waals surface area (Å²) < 4.78 is 41.3. The molecule has 1 unspecified atom stereocenters. The molecule has 0 bridgehead atoms. The van der Waals surface area contributed by atoms with Gasteiger partial charge in [-0.3, -0.25) is 4.79 Å². The fourth-order valence-electron chi connectivity index (χ4n) is 4.67.